The summed E-state index contributed by atoms with van der Waals surface area (Å²) in [5.41, 5.74) is 5.60. The molecule has 1 heterocycles. The van der Waals surface area contributed by atoms with Gasteiger partial charge in [0.2, 0.25) is 5.91 Å². The maximum absolute atomic E-state index is 11.7. The molecule has 1 amide bonds. The normalized spacial score (nSPS) is 33.9. The zero-order chi connectivity index (χ0) is 13.2. The van der Waals surface area contributed by atoms with Crippen molar-refractivity contribution in [3.8, 4) is 0 Å². The number of halogens is 1. The average molecular weight is 314 g/mol. The van der Waals surface area contributed by atoms with Crippen molar-refractivity contribution in [2.24, 2.45) is 16.1 Å². The lowest BCUT2D eigenvalue weighted by molar-refractivity contribution is -0.126. The number of carbonyl (C=O) groups is 1. The Kier molecular flexibility index (Phi) is 4.10. The van der Waals surface area contributed by atoms with E-state index >= 15 is 0 Å². The molecule has 4 nitrogen and oxygen atoms in total. The molecule has 2 N–H and O–H groups in total. The van der Waals surface area contributed by atoms with Crippen LogP contribution in [-0.2, 0) is 4.79 Å². The van der Waals surface area contributed by atoms with Gasteiger partial charge in [0.15, 0.2) is 0 Å². The minimum absolute atomic E-state index is 0.235. The lowest BCUT2D eigenvalue weighted by Gasteiger charge is -2.34. The predicted octanol–water partition coefficient (Wildman–Crippen LogP) is 2.04. The highest BCUT2D eigenvalue weighted by Gasteiger charge is 2.43. The average Bonchev–Trinajstić information content (AvgIpc) is 2.63. The van der Waals surface area contributed by atoms with Gasteiger partial charge in [-0.1, -0.05) is 0 Å². The van der Waals surface area contributed by atoms with Crippen LogP contribution in [0.4, 0.5) is 0 Å². The van der Waals surface area contributed by atoms with Crippen LogP contribution < -0.4 is 5.73 Å². The Balaban J connectivity index is 1.89. The van der Waals surface area contributed by atoms with Gasteiger partial charge in [-0.15, -0.1) is 0 Å². The minimum atomic E-state index is 0.235. The smallest absolute Gasteiger partial charge is 0.222 e. The largest absolute Gasteiger partial charge is 0.404 e. The molecule has 1 spiro atoms. The monoisotopic (exact) mass is 313 g/mol. The number of hydrogen-bond acceptors (Lipinski definition) is 3. The summed E-state index contributed by atoms with van der Waals surface area (Å²) >= 11 is 3.31. The molecule has 0 aromatic heterocycles. The van der Waals surface area contributed by atoms with Gasteiger partial charge in [0.25, 0.3) is 0 Å². The lowest BCUT2D eigenvalue weighted by Crippen LogP contribution is -2.31. The van der Waals surface area contributed by atoms with E-state index in [1.54, 1.807) is 6.21 Å². The Labute approximate surface area is 116 Å². The molecule has 18 heavy (non-hydrogen) atoms. The molecule has 0 bridgehead atoms. The summed E-state index contributed by atoms with van der Waals surface area (Å²) in [6, 6.07) is 0.379. The summed E-state index contributed by atoms with van der Waals surface area (Å²) in [7, 11) is 1.91. The number of nitrogens with zero attached hydrogens (tertiary/aromatic N) is 2. The Hall–Kier alpha value is -0.840. The van der Waals surface area contributed by atoms with E-state index in [0.29, 0.717) is 11.9 Å². The first-order valence-corrected chi connectivity index (χ1v) is 7.18. The van der Waals surface area contributed by atoms with Crippen LogP contribution in [0.3, 0.4) is 0 Å². The third-order valence-corrected chi connectivity index (χ3v) is 4.58. The van der Waals surface area contributed by atoms with E-state index in [9.17, 15) is 4.79 Å². The van der Waals surface area contributed by atoms with Gasteiger partial charge in [-0.3, -0.25) is 9.79 Å². The summed E-state index contributed by atoms with van der Waals surface area (Å²) in [6.07, 6.45) is 8.37. The molecule has 0 atom stereocenters. The van der Waals surface area contributed by atoms with Gasteiger partial charge in [0.1, 0.15) is 0 Å². The molecule has 100 valence electrons. The topological polar surface area (TPSA) is 58.7 Å². The molecule has 0 radical (unpaired) electrons. The molecule has 1 aliphatic carbocycles. The molecule has 2 aliphatic rings. The summed E-state index contributed by atoms with van der Waals surface area (Å²) in [6.45, 7) is 0.925. The van der Waals surface area contributed by atoms with Gasteiger partial charge in [0.05, 0.1) is 10.5 Å². The highest BCUT2D eigenvalue weighted by molar-refractivity contribution is 9.12. The van der Waals surface area contributed by atoms with E-state index in [4.69, 9.17) is 5.73 Å². The van der Waals surface area contributed by atoms with Crippen LogP contribution in [0, 0.1) is 5.41 Å². The highest BCUT2D eigenvalue weighted by atomic mass is 79.9. The molecular formula is C13H20BrN3O. The number of aliphatic imine (C=N–C) groups is 1. The third-order valence-electron chi connectivity index (χ3n) is 4.11. The van der Waals surface area contributed by atoms with Gasteiger partial charge < -0.3 is 10.6 Å². The number of nitrogens with two attached hydrogens (primary N) is 1. The Bertz CT molecular complexity index is 384. The Morgan fingerprint density at radius 1 is 1.56 bits per heavy atom. The lowest BCUT2D eigenvalue weighted by atomic mass is 9.72. The molecule has 2 rings (SSSR count). The third kappa shape index (κ3) is 2.94. The van der Waals surface area contributed by atoms with Crippen molar-refractivity contribution in [2.75, 3.05) is 13.6 Å². The second kappa shape index (κ2) is 5.43. The molecule has 1 saturated carbocycles. The van der Waals surface area contributed by atoms with Crippen LogP contribution in [0.5, 0.6) is 0 Å². The van der Waals surface area contributed by atoms with E-state index < -0.39 is 0 Å². The summed E-state index contributed by atoms with van der Waals surface area (Å²) in [4.78, 5) is 18.1. The molecule has 2 fully saturated rings. The molecule has 1 saturated heterocycles. The fourth-order valence-corrected chi connectivity index (χ4v) is 3.14. The van der Waals surface area contributed by atoms with Crippen LogP contribution in [0.15, 0.2) is 15.7 Å². The summed E-state index contributed by atoms with van der Waals surface area (Å²) < 4.78 is 0.818. The second-order valence-corrected chi connectivity index (χ2v) is 6.40. The maximum atomic E-state index is 11.7. The van der Waals surface area contributed by atoms with Crippen molar-refractivity contribution in [1.29, 1.82) is 0 Å². The molecule has 0 unspecified atom stereocenters. The van der Waals surface area contributed by atoms with Crippen molar-refractivity contribution in [3.05, 3.63) is 10.7 Å². The fourth-order valence-electron chi connectivity index (χ4n) is 3.02. The molecule has 1 aliphatic heterocycles. The van der Waals surface area contributed by atoms with Crippen LogP contribution in [0.25, 0.3) is 0 Å². The van der Waals surface area contributed by atoms with Crippen molar-refractivity contribution in [3.63, 3.8) is 0 Å². The summed E-state index contributed by atoms with van der Waals surface area (Å²) in [5.74, 6) is 0.297. The van der Waals surface area contributed by atoms with Crippen LogP contribution in [0.1, 0.15) is 32.1 Å². The SMILES string of the molecule is CN1CC2(CCC(N=C/C(Br)=C\N)CC2)CC1=O. The van der Waals surface area contributed by atoms with E-state index in [1.165, 1.54) is 6.20 Å². The zero-order valence-electron chi connectivity index (χ0n) is 10.7. The van der Waals surface area contributed by atoms with Crippen molar-refractivity contribution in [1.82, 2.24) is 4.90 Å². The van der Waals surface area contributed by atoms with Crippen LogP contribution in [0.2, 0.25) is 0 Å². The molecule has 0 aromatic rings. The quantitative estimate of drug-likeness (QED) is 0.793. The van der Waals surface area contributed by atoms with E-state index in [-0.39, 0.29) is 5.41 Å². The standard InChI is InChI=1S/C13H20BrN3O/c1-17-9-13(6-12(17)18)4-2-11(3-5-13)16-8-10(14)7-15/h7-8,11H,2-6,9,15H2,1H3/b10-7+,16-8?. The van der Waals surface area contributed by atoms with E-state index in [0.717, 1.165) is 43.1 Å². The van der Waals surface area contributed by atoms with Gasteiger partial charge >= 0.3 is 0 Å². The van der Waals surface area contributed by atoms with Crippen molar-refractivity contribution >= 4 is 28.1 Å². The van der Waals surface area contributed by atoms with Gasteiger partial charge in [-0.25, -0.2) is 0 Å². The first kappa shape index (κ1) is 13.6. The van der Waals surface area contributed by atoms with Gasteiger partial charge in [0, 0.05) is 32.4 Å². The molecule has 5 heteroatoms. The van der Waals surface area contributed by atoms with Crippen molar-refractivity contribution in [2.45, 2.75) is 38.1 Å². The summed E-state index contributed by atoms with van der Waals surface area (Å²) in [5, 5.41) is 0. The number of likely N-dealkylation sites (tertiary alicyclic amines) is 1. The second-order valence-electron chi connectivity index (χ2n) is 5.49. The van der Waals surface area contributed by atoms with Crippen molar-refractivity contribution < 1.29 is 4.79 Å². The maximum Gasteiger partial charge on any atom is 0.222 e. The Morgan fingerprint density at radius 3 is 2.72 bits per heavy atom. The fraction of sp³-hybridized carbons (Fsp3) is 0.692. The highest BCUT2D eigenvalue weighted by Crippen LogP contribution is 2.44. The van der Waals surface area contributed by atoms with Gasteiger partial charge in [-0.2, -0.15) is 0 Å². The predicted molar refractivity (Wildman–Crippen MR) is 76.6 cm³/mol. The zero-order valence-corrected chi connectivity index (χ0v) is 12.3. The van der Waals surface area contributed by atoms with E-state index in [1.807, 2.05) is 11.9 Å². The van der Waals surface area contributed by atoms with Gasteiger partial charge in [-0.05, 0) is 47.0 Å². The Morgan fingerprint density at radius 2 is 2.22 bits per heavy atom. The molecule has 0 aromatic carbocycles. The van der Waals surface area contributed by atoms with Crippen LogP contribution >= 0.6 is 15.9 Å². The first-order chi connectivity index (χ1) is 8.54. The number of hydrogen-bond donors (Lipinski definition) is 1. The number of allylic oxidation sites excluding steroid dienone is 1. The number of carbonyl (C=O) groups excluding carboxylic acids is 1. The molecular weight excluding hydrogens is 294 g/mol. The van der Waals surface area contributed by atoms with E-state index in [2.05, 4.69) is 20.9 Å². The van der Waals surface area contributed by atoms with Crippen LogP contribution in [-0.4, -0.2) is 36.7 Å². The minimum Gasteiger partial charge on any atom is -0.404 e. The first-order valence-electron chi connectivity index (χ1n) is 6.39. The number of amides is 1. The number of rotatable bonds is 2.